The summed E-state index contributed by atoms with van der Waals surface area (Å²) in [5, 5.41) is 6.95. The van der Waals surface area contributed by atoms with Crippen LogP contribution >= 0.6 is 0 Å². The second kappa shape index (κ2) is 12.8. The van der Waals surface area contributed by atoms with E-state index in [1.165, 1.54) is 29.5 Å². The number of piperidine rings is 1. The Balaban J connectivity index is 1.21. The molecule has 40 heavy (non-hydrogen) atoms. The van der Waals surface area contributed by atoms with E-state index in [0.29, 0.717) is 18.2 Å². The number of aromatic nitrogens is 1. The topological polar surface area (TPSA) is 92.5 Å². The highest BCUT2D eigenvalue weighted by atomic mass is 16.5. The van der Waals surface area contributed by atoms with Gasteiger partial charge in [0.25, 0.3) is 5.91 Å². The molecule has 1 aliphatic heterocycles. The molecule has 2 heterocycles. The van der Waals surface area contributed by atoms with E-state index in [0.717, 1.165) is 55.8 Å². The first-order chi connectivity index (χ1) is 19.4. The van der Waals surface area contributed by atoms with Crippen molar-refractivity contribution in [1.82, 2.24) is 20.5 Å². The fraction of sp³-hybridized carbons (Fsp3) is 0.455. The first kappa shape index (κ1) is 28.1. The molecule has 0 bridgehead atoms. The van der Waals surface area contributed by atoms with Crippen LogP contribution in [0.25, 0.3) is 11.1 Å². The van der Waals surface area contributed by atoms with E-state index in [1.807, 2.05) is 12.1 Å². The maximum absolute atomic E-state index is 13.4. The van der Waals surface area contributed by atoms with Gasteiger partial charge in [-0.1, -0.05) is 30.7 Å². The summed E-state index contributed by atoms with van der Waals surface area (Å²) in [6.07, 6.45) is 7.14. The van der Waals surface area contributed by atoms with Crippen LogP contribution in [0.1, 0.15) is 59.2 Å². The lowest BCUT2D eigenvalue weighted by molar-refractivity contribution is 0.0919. The van der Waals surface area contributed by atoms with Crippen molar-refractivity contribution in [3.63, 3.8) is 0 Å². The lowest BCUT2D eigenvalue weighted by Gasteiger charge is -2.29. The zero-order valence-electron chi connectivity index (χ0n) is 24.1. The number of hydrogen-bond acceptors (Lipinski definition) is 6. The van der Waals surface area contributed by atoms with Crippen molar-refractivity contribution in [1.29, 1.82) is 0 Å². The highest BCUT2D eigenvalue weighted by molar-refractivity contribution is 5.99. The predicted octanol–water partition coefficient (Wildman–Crippen LogP) is 5.11. The van der Waals surface area contributed by atoms with Crippen molar-refractivity contribution in [3.8, 4) is 16.9 Å². The van der Waals surface area contributed by atoms with Crippen molar-refractivity contribution in [2.24, 2.45) is 5.92 Å². The van der Waals surface area contributed by atoms with E-state index < -0.39 is 0 Å². The summed E-state index contributed by atoms with van der Waals surface area (Å²) in [6, 6.07) is 17.1. The number of benzene rings is 2. The first-order valence-electron chi connectivity index (χ1n) is 14.6. The van der Waals surface area contributed by atoms with Crippen molar-refractivity contribution in [2.45, 2.75) is 64.6 Å². The summed E-state index contributed by atoms with van der Waals surface area (Å²) in [5.74, 6) is 1.22. The van der Waals surface area contributed by atoms with Crippen LogP contribution in [0.4, 0.5) is 5.82 Å². The number of aryl methyl sites for hydroxylation is 2. The highest BCUT2D eigenvalue weighted by Gasteiger charge is 2.30. The van der Waals surface area contributed by atoms with Gasteiger partial charge in [-0.3, -0.25) is 4.79 Å². The van der Waals surface area contributed by atoms with E-state index in [4.69, 9.17) is 10.5 Å². The molecule has 2 aromatic carbocycles. The van der Waals surface area contributed by atoms with Crippen LogP contribution in [-0.4, -0.2) is 54.6 Å². The molecular formula is C33H43N5O2. The Kier molecular flexibility index (Phi) is 9.02. The highest BCUT2D eigenvalue weighted by Crippen LogP contribution is 2.29. The Bertz CT molecular complexity index is 1320. The summed E-state index contributed by atoms with van der Waals surface area (Å²) in [4.78, 5) is 20.2. The number of hydrogen-bond donors (Lipinski definition) is 3. The Morgan fingerprint density at radius 1 is 1.02 bits per heavy atom. The van der Waals surface area contributed by atoms with Crippen LogP contribution in [0, 0.1) is 19.8 Å². The van der Waals surface area contributed by atoms with Crippen molar-refractivity contribution in [3.05, 3.63) is 77.0 Å². The molecule has 3 aromatic rings. The quantitative estimate of drug-likeness (QED) is 0.349. The SMILES string of the molecule is Cc1ccc(OC[C@H]2CCC[C@@H]2NC(=O)c2cc(-c3cccc(CNC4CCN(C)CC4)c3)cnc2N)cc1C. The van der Waals surface area contributed by atoms with Crippen LogP contribution in [0.15, 0.2) is 54.7 Å². The lowest BCUT2D eigenvalue weighted by Crippen LogP contribution is -2.40. The molecule has 0 radical (unpaired) electrons. The molecule has 2 atom stereocenters. The number of amides is 1. The number of ether oxygens (including phenoxy) is 1. The zero-order chi connectivity index (χ0) is 28.1. The Labute approximate surface area is 238 Å². The lowest BCUT2D eigenvalue weighted by atomic mass is 10.0. The molecule has 1 saturated heterocycles. The molecule has 0 unspecified atom stereocenters. The summed E-state index contributed by atoms with van der Waals surface area (Å²) in [6.45, 7) is 7.88. The first-order valence-corrected chi connectivity index (χ1v) is 14.6. The molecule has 7 nitrogen and oxygen atoms in total. The molecular weight excluding hydrogens is 498 g/mol. The summed E-state index contributed by atoms with van der Waals surface area (Å²) in [7, 11) is 2.18. The minimum atomic E-state index is -0.171. The zero-order valence-corrected chi connectivity index (χ0v) is 24.1. The van der Waals surface area contributed by atoms with Gasteiger partial charge >= 0.3 is 0 Å². The van der Waals surface area contributed by atoms with Crippen LogP contribution in [0.3, 0.4) is 0 Å². The van der Waals surface area contributed by atoms with Crippen LogP contribution in [0.5, 0.6) is 5.75 Å². The molecule has 1 saturated carbocycles. The van der Waals surface area contributed by atoms with Gasteiger partial charge in [0.05, 0.1) is 12.2 Å². The third-order valence-corrected chi connectivity index (χ3v) is 8.65. The van der Waals surface area contributed by atoms with Gasteiger partial charge in [0.15, 0.2) is 0 Å². The van der Waals surface area contributed by atoms with Gasteiger partial charge in [-0.2, -0.15) is 0 Å². The number of carbonyl (C=O) groups excluding carboxylic acids is 1. The molecule has 1 aliphatic carbocycles. The minimum Gasteiger partial charge on any atom is -0.493 e. The number of pyridine rings is 1. The van der Waals surface area contributed by atoms with Gasteiger partial charge in [-0.05, 0) is 106 Å². The number of carbonyl (C=O) groups is 1. The van der Waals surface area contributed by atoms with Crippen LogP contribution in [-0.2, 0) is 6.54 Å². The molecule has 2 fully saturated rings. The number of nitrogens with one attached hydrogen (secondary N) is 2. The second-order valence-corrected chi connectivity index (χ2v) is 11.6. The number of anilines is 1. The third kappa shape index (κ3) is 7.01. The maximum Gasteiger partial charge on any atom is 0.255 e. The van der Waals surface area contributed by atoms with Crippen molar-refractivity contribution in [2.75, 3.05) is 32.5 Å². The van der Waals surface area contributed by atoms with Crippen LogP contribution in [0.2, 0.25) is 0 Å². The van der Waals surface area contributed by atoms with E-state index >= 15 is 0 Å². The van der Waals surface area contributed by atoms with Gasteiger partial charge in [0.1, 0.15) is 11.6 Å². The normalized spacial score (nSPS) is 20.0. The molecule has 7 heteroatoms. The Hall–Kier alpha value is -3.42. The molecule has 5 rings (SSSR count). The number of nitrogen functional groups attached to an aromatic ring is 1. The molecule has 212 valence electrons. The van der Waals surface area contributed by atoms with Crippen molar-refractivity contribution >= 4 is 11.7 Å². The largest absolute Gasteiger partial charge is 0.493 e. The average molecular weight is 542 g/mol. The molecule has 1 amide bonds. The number of rotatable bonds is 9. The average Bonchev–Trinajstić information content (AvgIpc) is 3.40. The van der Waals surface area contributed by atoms with Gasteiger partial charge < -0.3 is 26.0 Å². The third-order valence-electron chi connectivity index (χ3n) is 8.65. The number of nitrogens with zero attached hydrogens (tertiary/aromatic N) is 2. The Morgan fingerprint density at radius 3 is 2.65 bits per heavy atom. The summed E-state index contributed by atoms with van der Waals surface area (Å²) < 4.78 is 6.12. The molecule has 2 aliphatic rings. The van der Waals surface area contributed by atoms with Gasteiger partial charge in [-0.15, -0.1) is 0 Å². The van der Waals surface area contributed by atoms with Crippen LogP contribution < -0.4 is 21.1 Å². The monoisotopic (exact) mass is 541 g/mol. The van der Waals surface area contributed by atoms with E-state index in [2.05, 4.69) is 77.8 Å². The van der Waals surface area contributed by atoms with Crippen molar-refractivity contribution < 1.29 is 9.53 Å². The number of nitrogens with two attached hydrogens (primary N) is 1. The molecule has 4 N–H and O–H groups in total. The molecule has 0 spiro atoms. The Morgan fingerprint density at radius 2 is 1.85 bits per heavy atom. The van der Waals surface area contributed by atoms with Gasteiger partial charge in [0, 0.05) is 36.3 Å². The maximum atomic E-state index is 13.4. The summed E-state index contributed by atoms with van der Waals surface area (Å²) >= 11 is 0. The van der Waals surface area contributed by atoms with Gasteiger partial charge in [0.2, 0.25) is 0 Å². The molecule has 1 aromatic heterocycles. The van der Waals surface area contributed by atoms with E-state index in [9.17, 15) is 4.79 Å². The van der Waals surface area contributed by atoms with Gasteiger partial charge in [-0.25, -0.2) is 4.98 Å². The smallest absolute Gasteiger partial charge is 0.255 e. The number of likely N-dealkylation sites (tertiary alicyclic amines) is 1. The fourth-order valence-electron chi connectivity index (χ4n) is 5.83. The second-order valence-electron chi connectivity index (χ2n) is 11.6. The minimum absolute atomic E-state index is 0.0519. The van der Waals surface area contributed by atoms with E-state index in [-0.39, 0.29) is 23.7 Å². The summed E-state index contributed by atoms with van der Waals surface area (Å²) in [5.41, 5.74) is 12.2. The fourth-order valence-corrected chi connectivity index (χ4v) is 5.83. The predicted molar refractivity (Wildman–Crippen MR) is 161 cm³/mol. The van der Waals surface area contributed by atoms with E-state index in [1.54, 1.807) is 6.20 Å². The standard InChI is InChI=1S/C33H43N5O2/c1-22-10-11-29(16-23(22)2)40-21-26-8-5-9-31(26)37-33(39)30-18-27(20-36-32(30)34)25-7-4-6-24(17-25)19-35-28-12-14-38(3)15-13-28/h4,6-7,10-11,16-18,20,26,28,31,35H,5,8-9,12-15,19,21H2,1-3H3,(H2,34,36)(H,37,39)/t26-,31+/m1/s1.